The van der Waals surface area contributed by atoms with Gasteiger partial charge in [-0.1, -0.05) is 0 Å². The van der Waals surface area contributed by atoms with Crippen LogP contribution < -0.4 is 4.74 Å². The molecule has 1 aromatic heterocycles. The minimum absolute atomic E-state index is 0.122. The molecule has 0 saturated carbocycles. The molecule has 1 atom stereocenters. The van der Waals surface area contributed by atoms with Crippen molar-refractivity contribution >= 4 is 22.8 Å². The molecule has 1 N–H and O–H groups in total. The highest BCUT2D eigenvalue weighted by molar-refractivity contribution is 6.07. The van der Waals surface area contributed by atoms with Gasteiger partial charge in [0.25, 0.3) is 5.91 Å². The van der Waals surface area contributed by atoms with Gasteiger partial charge in [-0.2, -0.15) is 0 Å². The van der Waals surface area contributed by atoms with E-state index in [0.29, 0.717) is 41.2 Å². The van der Waals surface area contributed by atoms with Gasteiger partial charge in [0.15, 0.2) is 0 Å². The standard InChI is InChI=1S/C17H19NO6/c1-10-16(13-7-11(22-2)3-4-14(13)24-10)17(21)18-5-6-23-12(9-18)8-15(19)20/h3-4,7,12H,5-6,8-9H2,1-2H3,(H,19,20). The van der Waals surface area contributed by atoms with Crippen molar-refractivity contribution < 1.29 is 28.6 Å². The first kappa shape index (κ1) is 16.3. The Labute approximate surface area is 138 Å². The fourth-order valence-corrected chi connectivity index (χ4v) is 2.97. The largest absolute Gasteiger partial charge is 0.497 e. The van der Waals surface area contributed by atoms with E-state index in [1.165, 1.54) is 0 Å². The van der Waals surface area contributed by atoms with E-state index in [1.54, 1.807) is 37.1 Å². The van der Waals surface area contributed by atoms with Gasteiger partial charge in [0.05, 0.1) is 31.8 Å². The van der Waals surface area contributed by atoms with Crippen molar-refractivity contribution in [2.24, 2.45) is 0 Å². The van der Waals surface area contributed by atoms with Crippen LogP contribution in [-0.2, 0) is 9.53 Å². The number of fused-ring (bicyclic) bond motifs is 1. The lowest BCUT2D eigenvalue weighted by Crippen LogP contribution is -2.46. The van der Waals surface area contributed by atoms with Crippen LogP contribution in [0.25, 0.3) is 11.0 Å². The summed E-state index contributed by atoms with van der Waals surface area (Å²) in [6.07, 6.45) is -0.615. The van der Waals surface area contributed by atoms with Gasteiger partial charge in [-0.3, -0.25) is 9.59 Å². The molecule has 7 heteroatoms. The number of rotatable bonds is 4. The molecule has 0 bridgehead atoms. The Hall–Kier alpha value is -2.54. The average molecular weight is 333 g/mol. The predicted octanol–water partition coefficient (Wildman–Crippen LogP) is 2.07. The fourth-order valence-electron chi connectivity index (χ4n) is 2.97. The number of benzene rings is 1. The third-order valence-corrected chi connectivity index (χ3v) is 4.11. The lowest BCUT2D eigenvalue weighted by Gasteiger charge is -2.32. The van der Waals surface area contributed by atoms with E-state index in [-0.39, 0.29) is 18.9 Å². The molecule has 2 aromatic rings. The van der Waals surface area contributed by atoms with Crippen LogP contribution in [0.2, 0.25) is 0 Å². The highest BCUT2D eigenvalue weighted by atomic mass is 16.5. The van der Waals surface area contributed by atoms with Crippen LogP contribution >= 0.6 is 0 Å². The molecular formula is C17H19NO6. The molecule has 24 heavy (non-hydrogen) atoms. The number of hydrogen-bond acceptors (Lipinski definition) is 5. The second-order valence-corrected chi connectivity index (χ2v) is 5.74. The molecule has 1 amide bonds. The topological polar surface area (TPSA) is 89.2 Å². The van der Waals surface area contributed by atoms with E-state index in [0.717, 1.165) is 0 Å². The van der Waals surface area contributed by atoms with Gasteiger partial charge >= 0.3 is 5.97 Å². The van der Waals surface area contributed by atoms with Gasteiger partial charge in [0.2, 0.25) is 0 Å². The number of morpholine rings is 1. The summed E-state index contributed by atoms with van der Waals surface area (Å²) in [5.74, 6) is 0.0507. The van der Waals surface area contributed by atoms with Crippen LogP contribution in [0.3, 0.4) is 0 Å². The number of methoxy groups -OCH3 is 1. The summed E-state index contributed by atoms with van der Waals surface area (Å²) in [6.45, 7) is 2.74. The summed E-state index contributed by atoms with van der Waals surface area (Å²) in [5, 5.41) is 9.60. The maximum atomic E-state index is 12.9. The summed E-state index contributed by atoms with van der Waals surface area (Å²) in [6, 6.07) is 5.32. The molecule has 1 unspecified atom stereocenters. The van der Waals surface area contributed by atoms with Gasteiger partial charge in [0.1, 0.15) is 17.1 Å². The Morgan fingerprint density at radius 3 is 2.92 bits per heavy atom. The summed E-state index contributed by atoms with van der Waals surface area (Å²) in [4.78, 5) is 25.4. The highest BCUT2D eigenvalue weighted by Crippen LogP contribution is 2.30. The van der Waals surface area contributed by atoms with Gasteiger partial charge < -0.3 is 23.9 Å². The van der Waals surface area contributed by atoms with Crippen molar-refractivity contribution in [3.8, 4) is 5.75 Å². The molecule has 1 fully saturated rings. The number of aliphatic carboxylic acids is 1. The molecule has 1 aliphatic rings. The first-order valence-electron chi connectivity index (χ1n) is 7.69. The Kier molecular flexibility index (Phi) is 4.44. The smallest absolute Gasteiger partial charge is 0.306 e. The van der Waals surface area contributed by atoms with E-state index in [1.807, 2.05) is 0 Å². The Bertz CT molecular complexity index is 781. The molecular weight excluding hydrogens is 314 g/mol. The minimum Gasteiger partial charge on any atom is -0.497 e. The lowest BCUT2D eigenvalue weighted by atomic mass is 10.1. The SMILES string of the molecule is COc1ccc2oc(C)c(C(=O)N3CCOC(CC(=O)O)C3)c2c1. The van der Waals surface area contributed by atoms with Crippen LogP contribution in [0.5, 0.6) is 5.75 Å². The predicted molar refractivity (Wildman–Crippen MR) is 85.4 cm³/mol. The molecule has 128 valence electrons. The third kappa shape index (κ3) is 3.07. The van der Waals surface area contributed by atoms with Crippen molar-refractivity contribution in [3.63, 3.8) is 0 Å². The fraction of sp³-hybridized carbons (Fsp3) is 0.412. The molecule has 3 rings (SSSR count). The molecule has 0 aliphatic carbocycles. The first-order chi connectivity index (χ1) is 11.5. The number of carbonyl (C=O) groups excluding carboxylic acids is 1. The molecule has 7 nitrogen and oxygen atoms in total. The summed E-state index contributed by atoms with van der Waals surface area (Å²) < 4.78 is 16.3. The monoisotopic (exact) mass is 333 g/mol. The Morgan fingerprint density at radius 2 is 2.21 bits per heavy atom. The number of carboxylic acids is 1. The minimum atomic E-state index is -0.941. The number of aryl methyl sites for hydroxylation is 1. The van der Waals surface area contributed by atoms with Crippen molar-refractivity contribution in [2.45, 2.75) is 19.4 Å². The second-order valence-electron chi connectivity index (χ2n) is 5.74. The van der Waals surface area contributed by atoms with Crippen molar-refractivity contribution in [2.75, 3.05) is 26.8 Å². The average Bonchev–Trinajstić information content (AvgIpc) is 2.88. The maximum Gasteiger partial charge on any atom is 0.306 e. The zero-order valence-corrected chi connectivity index (χ0v) is 13.6. The maximum absolute atomic E-state index is 12.9. The number of carboxylic acid groups (broad SMARTS) is 1. The van der Waals surface area contributed by atoms with E-state index in [2.05, 4.69) is 0 Å². The van der Waals surface area contributed by atoms with Gasteiger partial charge in [-0.05, 0) is 25.1 Å². The number of nitrogens with zero attached hydrogens (tertiary/aromatic N) is 1. The van der Waals surface area contributed by atoms with E-state index in [4.69, 9.17) is 19.0 Å². The summed E-state index contributed by atoms with van der Waals surface area (Å²) in [7, 11) is 1.56. The van der Waals surface area contributed by atoms with Gasteiger partial charge in [0, 0.05) is 18.5 Å². The van der Waals surface area contributed by atoms with Crippen molar-refractivity contribution in [1.29, 1.82) is 0 Å². The van der Waals surface area contributed by atoms with Crippen molar-refractivity contribution in [3.05, 3.63) is 29.5 Å². The number of amides is 1. The zero-order chi connectivity index (χ0) is 17.3. The Balaban J connectivity index is 1.90. The summed E-state index contributed by atoms with van der Waals surface area (Å²) >= 11 is 0. The van der Waals surface area contributed by atoms with E-state index < -0.39 is 12.1 Å². The number of ether oxygens (including phenoxy) is 2. The van der Waals surface area contributed by atoms with Crippen LogP contribution in [0.1, 0.15) is 22.5 Å². The summed E-state index contributed by atoms with van der Waals surface area (Å²) in [5.41, 5.74) is 1.10. The molecule has 1 aromatic carbocycles. The van der Waals surface area contributed by atoms with E-state index >= 15 is 0 Å². The van der Waals surface area contributed by atoms with Crippen LogP contribution in [-0.4, -0.2) is 54.8 Å². The number of hydrogen-bond donors (Lipinski definition) is 1. The van der Waals surface area contributed by atoms with Crippen LogP contribution in [0.4, 0.5) is 0 Å². The number of carbonyl (C=O) groups is 2. The van der Waals surface area contributed by atoms with Crippen molar-refractivity contribution in [1.82, 2.24) is 4.90 Å². The van der Waals surface area contributed by atoms with Gasteiger partial charge in [-0.15, -0.1) is 0 Å². The third-order valence-electron chi connectivity index (χ3n) is 4.11. The van der Waals surface area contributed by atoms with E-state index in [9.17, 15) is 9.59 Å². The molecule has 0 radical (unpaired) electrons. The molecule has 2 heterocycles. The van der Waals surface area contributed by atoms with Crippen LogP contribution in [0.15, 0.2) is 22.6 Å². The molecule has 0 spiro atoms. The molecule has 1 saturated heterocycles. The van der Waals surface area contributed by atoms with Crippen LogP contribution in [0, 0.1) is 6.92 Å². The first-order valence-corrected chi connectivity index (χ1v) is 7.69. The lowest BCUT2D eigenvalue weighted by molar-refractivity contribution is -0.141. The quantitative estimate of drug-likeness (QED) is 0.921. The number of furan rings is 1. The second kappa shape index (κ2) is 6.52. The molecule has 1 aliphatic heterocycles. The van der Waals surface area contributed by atoms with Gasteiger partial charge in [-0.25, -0.2) is 0 Å². The zero-order valence-electron chi connectivity index (χ0n) is 13.6. The Morgan fingerprint density at radius 1 is 1.42 bits per heavy atom. The highest BCUT2D eigenvalue weighted by Gasteiger charge is 2.29. The normalized spacial score (nSPS) is 17.9.